The number of methoxy groups -OCH3 is 1. The standard InChI is InChI=1S/C23H32N2O3/c1-27-20-13-11-19(12-14-20)16-25(28-21-9-5-6-10-21)17-23(26)22(24)15-18-7-3-2-4-8-18/h2-4,7-8,11-14,21-23,26H,5-6,9-10,15-17,24H2,1H3/t22-,23?/m0/s1. The fourth-order valence-electron chi connectivity index (χ4n) is 3.65. The molecule has 2 atom stereocenters. The number of nitrogens with zero attached hydrogens (tertiary/aromatic N) is 1. The predicted molar refractivity (Wildman–Crippen MR) is 111 cm³/mol. The highest BCUT2D eigenvalue weighted by Crippen LogP contribution is 2.23. The third-order valence-corrected chi connectivity index (χ3v) is 5.32. The van der Waals surface area contributed by atoms with Crippen molar-refractivity contribution in [2.24, 2.45) is 5.73 Å². The fourth-order valence-corrected chi connectivity index (χ4v) is 3.65. The molecule has 1 saturated carbocycles. The van der Waals surface area contributed by atoms with Gasteiger partial charge in [-0.2, -0.15) is 5.06 Å². The molecule has 0 saturated heterocycles. The minimum Gasteiger partial charge on any atom is -0.497 e. The molecule has 1 aliphatic carbocycles. The van der Waals surface area contributed by atoms with Gasteiger partial charge in [0.15, 0.2) is 0 Å². The first-order valence-electron chi connectivity index (χ1n) is 10.2. The summed E-state index contributed by atoms with van der Waals surface area (Å²) in [5.74, 6) is 0.830. The smallest absolute Gasteiger partial charge is 0.118 e. The van der Waals surface area contributed by atoms with Crippen molar-refractivity contribution >= 4 is 0 Å². The Balaban J connectivity index is 1.61. The van der Waals surface area contributed by atoms with E-state index in [1.54, 1.807) is 7.11 Å². The molecule has 2 aromatic carbocycles. The van der Waals surface area contributed by atoms with Crippen LogP contribution >= 0.6 is 0 Å². The highest BCUT2D eigenvalue weighted by atomic mass is 16.7. The van der Waals surface area contributed by atoms with Crippen molar-refractivity contribution in [2.75, 3.05) is 13.7 Å². The summed E-state index contributed by atoms with van der Waals surface area (Å²) in [5, 5.41) is 12.6. The second-order valence-electron chi connectivity index (χ2n) is 7.60. The van der Waals surface area contributed by atoms with Crippen LogP contribution in [0.2, 0.25) is 0 Å². The van der Waals surface area contributed by atoms with Gasteiger partial charge in [0.2, 0.25) is 0 Å². The van der Waals surface area contributed by atoms with Gasteiger partial charge in [0.05, 0.1) is 25.9 Å². The lowest BCUT2D eigenvalue weighted by Gasteiger charge is -2.29. The Morgan fingerprint density at radius 2 is 1.71 bits per heavy atom. The number of rotatable bonds is 10. The first-order valence-corrected chi connectivity index (χ1v) is 10.2. The monoisotopic (exact) mass is 384 g/mol. The van der Waals surface area contributed by atoms with E-state index >= 15 is 0 Å². The van der Waals surface area contributed by atoms with E-state index in [1.807, 2.05) is 59.7 Å². The summed E-state index contributed by atoms with van der Waals surface area (Å²) in [6, 6.07) is 17.7. The second-order valence-corrected chi connectivity index (χ2v) is 7.60. The number of aliphatic hydroxyl groups excluding tert-OH is 1. The summed E-state index contributed by atoms with van der Waals surface area (Å²) >= 11 is 0. The predicted octanol–water partition coefficient (Wildman–Crippen LogP) is 3.30. The molecule has 5 nitrogen and oxygen atoms in total. The quantitative estimate of drug-likeness (QED) is 0.615. The Bertz CT molecular complexity index is 687. The molecule has 1 fully saturated rings. The van der Waals surface area contributed by atoms with Crippen molar-refractivity contribution in [2.45, 2.75) is 56.9 Å². The van der Waals surface area contributed by atoms with E-state index in [4.69, 9.17) is 15.3 Å². The Labute approximate surface area is 168 Å². The first-order chi connectivity index (χ1) is 13.6. The maximum Gasteiger partial charge on any atom is 0.118 e. The molecular formula is C23H32N2O3. The molecule has 1 aliphatic rings. The second kappa shape index (κ2) is 10.6. The normalized spacial score (nSPS) is 17.0. The van der Waals surface area contributed by atoms with E-state index in [2.05, 4.69) is 0 Å². The van der Waals surface area contributed by atoms with E-state index in [-0.39, 0.29) is 12.1 Å². The van der Waals surface area contributed by atoms with Gasteiger partial charge in [0.25, 0.3) is 0 Å². The van der Waals surface area contributed by atoms with Crippen molar-refractivity contribution in [3.05, 3.63) is 65.7 Å². The van der Waals surface area contributed by atoms with Crippen LogP contribution in [0.3, 0.4) is 0 Å². The molecular weight excluding hydrogens is 352 g/mol. The van der Waals surface area contributed by atoms with Crippen LogP contribution in [-0.4, -0.2) is 42.1 Å². The third kappa shape index (κ3) is 6.31. The van der Waals surface area contributed by atoms with Gasteiger partial charge < -0.3 is 15.6 Å². The summed E-state index contributed by atoms with van der Waals surface area (Å²) < 4.78 is 5.23. The Morgan fingerprint density at radius 1 is 1.04 bits per heavy atom. The summed E-state index contributed by atoms with van der Waals surface area (Å²) in [5.41, 5.74) is 8.53. The molecule has 0 amide bonds. The number of aliphatic hydroxyl groups is 1. The zero-order valence-corrected chi connectivity index (χ0v) is 16.7. The first kappa shape index (κ1) is 20.8. The maximum absolute atomic E-state index is 10.7. The fraction of sp³-hybridized carbons (Fsp3) is 0.478. The van der Waals surface area contributed by atoms with E-state index in [0.717, 1.165) is 29.7 Å². The van der Waals surface area contributed by atoms with Gasteiger partial charge in [-0.15, -0.1) is 0 Å². The van der Waals surface area contributed by atoms with Crippen molar-refractivity contribution in [1.82, 2.24) is 5.06 Å². The van der Waals surface area contributed by atoms with E-state index in [0.29, 0.717) is 19.5 Å². The van der Waals surface area contributed by atoms with Crippen LogP contribution in [0.5, 0.6) is 5.75 Å². The average molecular weight is 385 g/mol. The third-order valence-electron chi connectivity index (χ3n) is 5.32. The molecule has 0 aliphatic heterocycles. The molecule has 0 radical (unpaired) electrons. The topological polar surface area (TPSA) is 68.0 Å². The van der Waals surface area contributed by atoms with Crippen LogP contribution in [0.1, 0.15) is 36.8 Å². The molecule has 5 heteroatoms. The van der Waals surface area contributed by atoms with E-state index < -0.39 is 6.10 Å². The molecule has 0 aromatic heterocycles. The van der Waals surface area contributed by atoms with Crippen molar-refractivity contribution in [1.29, 1.82) is 0 Å². The van der Waals surface area contributed by atoms with Gasteiger partial charge in [-0.25, -0.2) is 0 Å². The number of hydrogen-bond donors (Lipinski definition) is 2. The van der Waals surface area contributed by atoms with Crippen molar-refractivity contribution in [3.63, 3.8) is 0 Å². The Kier molecular flexibility index (Phi) is 7.86. The zero-order valence-electron chi connectivity index (χ0n) is 16.7. The Hall–Kier alpha value is -1.92. The lowest BCUT2D eigenvalue weighted by molar-refractivity contribution is -0.214. The van der Waals surface area contributed by atoms with Crippen molar-refractivity contribution < 1.29 is 14.7 Å². The summed E-state index contributed by atoms with van der Waals surface area (Å²) in [7, 11) is 1.66. The summed E-state index contributed by atoms with van der Waals surface area (Å²) in [6.07, 6.45) is 4.77. The van der Waals surface area contributed by atoms with Gasteiger partial charge in [-0.3, -0.25) is 4.84 Å². The number of hydroxylamine groups is 2. The van der Waals surface area contributed by atoms with Crippen LogP contribution < -0.4 is 10.5 Å². The van der Waals surface area contributed by atoms with Crippen LogP contribution in [0.4, 0.5) is 0 Å². The highest BCUT2D eigenvalue weighted by molar-refractivity contribution is 5.27. The molecule has 152 valence electrons. The van der Waals surface area contributed by atoms with Crippen molar-refractivity contribution in [3.8, 4) is 5.75 Å². The van der Waals surface area contributed by atoms with Gasteiger partial charge in [-0.05, 0) is 42.5 Å². The zero-order chi connectivity index (χ0) is 19.8. The minimum absolute atomic E-state index is 0.232. The maximum atomic E-state index is 10.7. The van der Waals surface area contributed by atoms with E-state index in [9.17, 15) is 5.11 Å². The average Bonchev–Trinajstić information content (AvgIpc) is 3.22. The highest BCUT2D eigenvalue weighted by Gasteiger charge is 2.24. The summed E-state index contributed by atoms with van der Waals surface area (Å²) in [6.45, 7) is 0.992. The van der Waals surface area contributed by atoms with Gasteiger partial charge in [0.1, 0.15) is 5.75 Å². The van der Waals surface area contributed by atoms with Gasteiger partial charge in [0, 0.05) is 12.6 Å². The minimum atomic E-state index is -0.667. The SMILES string of the molecule is COc1ccc(CN(CC(O)[C@@H](N)Cc2ccccc2)OC2CCCC2)cc1. The molecule has 0 bridgehead atoms. The molecule has 1 unspecified atom stereocenters. The summed E-state index contributed by atoms with van der Waals surface area (Å²) in [4.78, 5) is 6.23. The number of ether oxygens (including phenoxy) is 1. The van der Waals surface area contributed by atoms with Crippen LogP contribution in [0.25, 0.3) is 0 Å². The lowest BCUT2D eigenvalue weighted by atomic mass is 10.0. The van der Waals surface area contributed by atoms with Gasteiger partial charge >= 0.3 is 0 Å². The molecule has 3 N–H and O–H groups in total. The largest absolute Gasteiger partial charge is 0.497 e. The molecule has 2 aromatic rings. The Morgan fingerprint density at radius 3 is 2.36 bits per heavy atom. The molecule has 28 heavy (non-hydrogen) atoms. The number of nitrogens with two attached hydrogens (primary N) is 1. The van der Waals surface area contributed by atoms with Crippen LogP contribution in [-0.2, 0) is 17.8 Å². The lowest BCUT2D eigenvalue weighted by Crippen LogP contribution is -2.45. The number of hydrogen-bond acceptors (Lipinski definition) is 5. The molecule has 0 spiro atoms. The molecule has 3 rings (SSSR count). The van der Waals surface area contributed by atoms with Gasteiger partial charge in [-0.1, -0.05) is 55.3 Å². The van der Waals surface area contributed by atoms with Crippen LogP contribution in [0, 0.1) is 0 Å². The van der Waals surface area contributed by atoms with Crippen LogP contribution in [0.15, 0.2) is 54.6 Å². The number of benzene rings is 2. The molecule has 0 heterocycles. The van der Waals surface area contributed by atoms with E-state index in [1.165, 1.54) is 12.8 Å².